The van der Waals surface area contributed by atoms with Gasteiger partial charge in [0, 0.05) is 21.2 Å². The maximum atomic E-state index is 6.29. The fourth-order valence-electron chi connectivity index (χ4n) is 3.18. The van der Waals surface area contributed by atoms with Crippen molar-refractivity contribution in [1.29, 1.82) is 0 Å². The predicted octanol–water partition coefficient (Wildman–Crippen LogP) is 2.78. The van der Waals surface area contributed by atoms with Gasteiger partial charge in [-0.05, 0) is 24.3 Å². The summed E-state index contributed by atoms with van der Waals surface area (Å²) >= 11 is 24.5. The van der Waals surface area contributed by atoms with Crippen molar-refractivity contribution in [3.05, 3.63) is 67.6 Å². The summed E-state index contributed by atoms with van der Waals surface area (Å²) in [6.45, 7) is 6.40. The van der Waals surface area contributed by atoms with Crippen LogP contribution in [0.5, 0.6) is 0 Å². The summed E-state index contributed by atoms with van der Waals surface area (Å²) in [6, 6.07) is 11.5. The minimum Gasteiger partial charge on any atom is -0.322 e. The summed E-state index contributed by atoms with van der Waals surface area (Å²) in [7, 11) is 0. The average molecular weight is 406 g/mol. The molecule has 1 heterocycles. The van der Waals surface area contributed by atoms with E-state index in [4.69, 9.17) is 46.4 Å². The maximum Gasteiger partial charge on any atom is 0.127 e. The zero-order valence-electron chi connectivity index (χ0n) is 13.2. The molecule has 0 bridgehead atoms. The molecule has 0 atom stereocenters. The van der Waals surface area contributed by atoms with Gasteiger partial charge >= 0.3 is 0 Å². The summed E-state index contributed by atoms with van der Waals surface area (Å²) in [5.41, 5.74) is 2.33. The van der Waals surface area contributed by atoms with Crippen LogP contribution in [0.2, 0.25) is 20.1 Å². The second-order valence-electron chi connectivity index (χ2n) is 6.33. The van der Waals surface area contributed by atoms with Gasteiger partial charge in [-0.3, -0.25) is 0 Å². The molecule has 2 aromatic rings. The highest BCUT2D eigenvalue weighted by molar-refractivity contribution is 6.35. The molecular weight excluding hydrogens is 386 g/mol. The summed E-state index contributed by atoms with van der Waals surface area (Å²) in [6.07, 6.45) is 0. The number of rotatable bonds is 4. The first-order valence-electron chi connectivity index (χ1n) is 8.06. The van der Waals surface area contributed by atoms with Crippen LogP contribution in [-0.2, 0) is 13.1 Å². The van der Waals surface area contributed by atoms with Gasteiger partial charge in [0.05, 0.1) is 10.0 Å². The number of piperazine rings is 1. The van der Waals surface area contributed by atoms with E-state index in [-0.39, 0.29) is 0 Å². The third-order valence-electron chi connectivity index (χ3n) is 4.58. The zero-order valence-corrected chi connectivity index (χ0v) is 16.2. The van der Waals surface area contributed by atoms with E-state index in [1.54, 1.807) is 9.80 Å². The lowest BCUT2D eigenvalue weighted by Gasteiger charge is -2.30. The molecule has 1 saturated heterocycles. The van der Waals surface area contributed by atoms with Crippen LogP contribution in [0.25, 0.3) is 0 Å². The highest BCUT2D eigenvalue weighted by atomic mass is 35.5. The van der Waals surface area contributed by atoms with Crippen LogP contribution in [0.4, 0.5) is 0 Å². The Bertz CT molecular complexity index is 651. The van der Waals surface area contributed by atoms with Gasteiger partial charge in [-0.15, -0.1) is 0 Å². The van der Waals surface area contributed by atoms with Gasteiger partial charge in [0.25, 0.3) is 0 Å². The molecule has 2 N–H and O–H groups in total. The normalized spacial score (nSPS) is 21.0. The lowest BCUT2D eigenvalue weighted by Crippen LogP contribution is -3.27. The molecule has 0 aliphatic carbocycles. The Morgan fingerprint density at radius 2 is 1.00 bits per heavy atom. The van der Waals surface area contributed by atoms with Crippen molar-refractivity contribution in [2.24, 2.45) is 0 Å². The number of hydrogen-bond donors (Lipinski definition) is 2. The Balaban J connectivity index is 1.54. The van der Waals surface area contributed by atoms with Crippen molar-refractivity contribution in [2.45, 2.75) is 13.1 Å². The summed E-state index contributed by atoms with van der Waals surface area (Å²) < 4.78 is 0. The molecule has 0 radical (unpaired) electrons. The van der Waals surface area contributed by atoms with E-state index >= 15 is 0 Å². The Morgan fingerprint density at radius 1 is 0.625 bits per heavy atom. The van der Waals surface area contributed by atoms with Gasteiger partial charge in [0.1, 0.15) is 39.3 Å². The lowest BCUT2D eigenvalue weighted by atomic mass is 10.1. The van der Waals surface area contributed by atoms with Gasteiger partial charge in [0.2, 0.25) is 0 Å². The van der Waals surface area contributed by atoms with Crippen molar-refractivity contribution >= 4 is 46.4 Å². The Morgan fingerprint density at radius 3 is 1.33 bits per heavy atom. The third kappa shape index (κ3) is 4.78. The van der Waals surface area contributed by atoms with E-state index < -0.39 is 0 Å². The van der Waals surface area contributed by atoms with Gasteiger partial charge < -0.3 is 9.80 Å². The van der Waals surface area contributed by atoms with Gasteiger partial charge in [-0.25, -0.2) is 0 Å². The molecule has 1 aliphatic heterocycles. The first-order chi connectivity index (χ1) is 11.5. The van der Waals surface area contributed by atoms with E-state index in [1.807, 2.05) is 36.4 Å². The first kappa shape index (κ1) is 18.3. The molecule has 0 spiro atoms. The van der Waals surface area contributed by atoms with Gasteiger partial charge in [-0.2, -0.15) is 0 Å². The van der Waals surface area contributed by atoms with Crippen molar-refractivity contribution in [1.82, 2.24) is 0 Å². The number of nitrogens with one attached hydrogen (secondary N) is 2. The molecule has 24 heavy (non-hydrogen) atoms. The van der Waals surface area contributed by atoms with E-state index in [9.17, 15) is 0 Å². The summed E-state index contributed by atoms with van der Waals surface area (Å²) in [5.74, 6) is 0. The largest absolute Gasteiger partial charge is 0.322 e. The topological polar surface area (TPSA) is 8.88 Å². The molecule has 6 heteroatoms. The van der Waals surface area contributed by atoms with Crippen LogP contribution in [0, 0.1) is 0 Å². The minimum atomic E-state index is 0.688. The average Bonchev–Trinajstić information content (AvgIpc) is 2.54. The highest BCUT2D eigenvalue weighted by Crippen LogP contribution is 2.21. The fraction of sp³-hybridized carbons (Fsp3) is 0.333. The molecule has 2 aromatic carbocycles. The van der Waals surface area contributed by atoms with Gasteiger partial charge in [0.15, 0.2) is 0 Å². The number of benzene rings is 2. The molecule has 128 valence electrons. The molecular formula is C18H20Cl4N2+2. The molecule has 2 nitrogen and oxygen atoms in total. The van der Waals surface area contributed by atoms with Crippen LogP contribution >= 0.6 is 46.4 Å². The zero-order chi connectivity index (χ0) is 17.1. The SMILES string of the molecule is Clc1ccc(C[NH+]2CC[NH+](Cc3ccc(Cl)cc3Cl)CC2)c(Cl)c1. The van der Waals surface area contributed by atoms with E-state index in [1.165, 1.54) is 11.1 Å². The summed E-state index contributed by atoms with van der Waals surface area (Å²) in [5, 5.41) is 2.90. The number of quaternary nitrogens is 2. The monoisotopic (exact) mass is 404 g/mol. The van der Waals surface area contributed by atoms with Crippen LogP contribution in [0.1, 0.15) is 11.1 Å². The van der Waals surface area contributed by atoms with Crippen molar-refractivity contribution < 1.29 is 9.80 Å². The standard InChI is InChI=1S/C18H18Cl4N2/c19-15-3-1-13(17(21)9-15)11-23-5-7-24(8-6-23)12-14-2-4-16(20)10-18(14)22/h1-4,9-10H,5-8,11-12H2/p+2. The Hall–Kier alpha value is -0.480. The van der Waals surface area contributed by atoms with Crippen LogP contribution in [0.3, 0.4) is 0 Å². The molecule has 1 fully saturated rings. The van der Waals surface area contributed by atoms with Crippen molar-refractivity contribution in [3.63, 3.8) is 0 Å². The molecule has 3 rings (SSSR count). The number of halogens is 4. The van der Waals surface area contributed by atoms with Crippen LogP contribution in [0.15, 0.2) is 36.4 Å². The maximum absolute atomic E-state index is 6.29. The van der Waals surface area contributed by atoms with Gasteiger partial charge in [-0.1, -0.05) is 58.5 Å². The third-order valence-corrected chi connectivity index (χ3v) is 5.75. The Labute approximate surface area is 162 Å². The Kier molecular flexibility index (Phi) is 6.31. The molecule has 0 saturated carbocycles. The van der Waals surface area contributed by atoms with E-state index in [0.717, 1.165) is 49.3 Å². The minimum absolute atomic E-state index is 0.688. The van der Waals surface area contributed by atoms with E-state index in [0.29, 0.717) is 10.0 Å². The quantitative estimate of drug-likeness (QED) is 0.773. The van der Waals surface area contributed by atoms with Crippen molar-refractivity contribution in [3.8, 4) is 0 Å². The summed E-state index contributed by atoms with van der Waals surface area (Å²) in [4.78, 5) is 3.12. The van der Waals surface area contributed by atoms with E-state index in [2.05, 4.69) is 0 Å². The smallest absolute Gasteiger partial charge is 0.127 e. The van der Waals surface area contributed by atoms with Crippen molar-refractivity contribution in [2.75, 3.05) is 26.2 Å². The lowest BCUT2D eigenvalue weighted by molar-refractivity contribution is -1.02. The number of hydrogen-bond acceptors (Lipinski definition) is 0. The van der Waals surface area contributed by atoms with Crippen LogP contribution < -0.4 is 9.80 Å². The molecule has 0 amide bonds. The van der Waals surface area contributed by atoms with Crippen LogP contribution in [-0.4, -0.2) is 26.2 Å². The molecule has 0 aromatic heterocycles. The second-order valence-corrected chi connectivity index (χ2v) is 8.01. The second kappa shape index (κ2) is 8.27. The first-order valence-corrected chi connectivity index (χ1v) is 9.57. The highest BCUT2D eigenvalue weighted by Gasteiger charge is 2.24. The fourth-order valence-corrected chi connectivity index (χ4v) is 4.13. The molecule has 0 unspecified atom stereocenters. The molecule has 1 aliphatic rings. The predicted molar refractivity (Wildman–Crippen MR) is 102 cm³/mol.